The Morgan fingerprint density at radius 3 is 2.15 bits per heavy atom. The van der Waals surface area contributed by atoms with E-state index in [9.17, 15) is 4.79 Å². The minimum absolute atomic E-state index is 0.452. The fraction of sp³-hybridized carbons (Fsp3) is 0.562. The maximum absolute atomic E-state index is 11.9. The highest BCUT2D eigenvalue weighted by atomic mass is 16.6. The highest BCUT2D eigenvalue weighted by molar-refractivity contribution is 5.86. The van der Waals surface area contributed by atoms with Crippen molar-refractivity contribution in [3.63, 3.8) is 0 Å². The Bertz CT molecular complexity index is 508. The normalized spacial score (nSPS) is 12.2. The van der Waals surface area contributed by atoms with E-state index in [1.807, 2.05) is 54.5 Å². The summed E-state index contributed by atoms with van der Waals surface area (Å²) < 4.78 is 5.28. The van der Waals surface area contributed by atoms with Gasteiger partial charge in [-0.1, -0.05) is 6.07 Å². The number of rotatable bonds is 2. The number of anilines is 1. The van der Waals surface area contributed by atoms with Gasteiger partial charge in [-0.3, -0.25) is 5.32 Å². The molecule has 1 aromatic rings. The van der Waals surface area contributed by atoms with E-state index in [1.54, 1.807) is 0 Å². The molecule has 0 bridgehead atoms. The van der Waals surface area contributed by atoms with E-state index in [0.29, 0.717) is 0 Å². The molecular weight excluding hydrogens is 252 g/mol. The average Bonchev–Trinajstić information content (AvgIpc) is 2.20. The van der Waals surface area contributed by atoms with Crippen molar-refractivity contribution in [3.05, 3.63) is 28.8 Å². The first-order valence-corrected chi connectivity index (χ1v) is 6.81. The fourth-order valence-corrected chi connectivity index (χ4v) is 1.77. The van der Waals surface area contributed by atoms with Crippen molar-refractivity contribution in [1.82, 2.24) is 0 Å². The summed E-state index contributed by atoms with van der Waals surface area (Å²) in [6.45, 7) is 13.4. The molecule has 0 saturated carbocycles. The molecule has 0 heterocycles. The molecule has 1 rings (SSSR count). The molecule has 0 aromatic heterocycles. The molecule has 0 spiro atoms. The molecule has 20 heavy (non-hydrogen) atoms. The van der Waals surface area contributed by atoms with Crippen LogP contribution in [0.4, 0.5) is 10.5 Å². The molecule has 0 atom stereocenters. The van der Waals surface area contributed by atoms with Gasteiger partial charge in [-0.2, -0.15) is 0 Å². The van der Waals surface area contributed by atoms with Gasteiger partial charge in [0.15, 0.2) is 0 Å². The van der Waals surface area contributed by atoms with Crippen molar-refractivity contribution in [3.8, 4) is 0 Å². The molecule has 3 N–H and O–H groups in total. The van der Waals surface area contributed by atoms with Crippen LogP contribution in [0.5, 0.6) is 0 Å². The smallest absolute Gasteiger partial charge is 0.412 e. The summed E-state index contributed by atoms with van der Waals surface area (Å²) in [5.41, 5.74) is 8.99. The molecule has 0 aliphatic carbocycles. The third kappa shape index (κ3) is 4.53. The van der Waals surface area contributed by atoms with Crippen molar-refractivity contribution in [2.45, 2.75) is 59.6 Å². The van der Waals surface area contributed by atoms with E-state index in [4.69, 9.17) is 10.5 Å². The number of hydrogen-bond acceptors (Lipinski definition) is 3. The summed E-state index contributed by atoms with van der Waals surface area (Å²) in [6, 6.07) is 3.96. The molecule has 1 aromatic carbocycles. The molecule has 0 fully saturated rings. The van der Waals surface area contributed by atoms with Crippen LogP contribution in [0, 0.1) is 13.8 Å². The van der Waals surface area contributed by atoms with Crippen LogP contribution in [0.1, 0.15) is 51.3 Å². The van der Waals surface area contributed by atoms with Crippen molar-refractivity contribution in [1.29, 1.82) is 0 Å². The van der Waals surface area contributed by atoms with Crippen LogP contribution in [0.25, 0.3) is 0 Å². The Morgan fingerprint density at radius 1 is 1.15 bits per heavy atom. The molecule has 4 heteroatoms. The van der Waals surface area contributed by atoms with E-state index < -0.39 is 17.2 Å². The quantitative estimate of drug-likeness (QED) is 0.863. The van der Waals surface area contributed by atoms with Gasteiger partial charge in [0.1, 0.15) is 5.60 Å². The van der Waals surface area contributed by atoms with Crippen LogP contribution in [0.15, 0.2) is 12.1 Å². The van der Waals surface area contributed by atoms with Gasteiger partial charge in [0.2, 0.25) is 0 Å². The lowest BCUT2D eigenvalue weighted by Crippen LogP contribution is -2.30. The SMILES string of the molecule is Cc1cc(C(C)(C)N)cc(NC(=O)OC(C)(C)C)c1C. The van der Waals surface area contributed by atoms with Crippen molar-refractivity contribution < 1.29 is 9.53 Å². The monoisotopic (exact) mass is 278 g/mol. The Morgan fingerprint density at radius 2 is 1.70 bits per heavy atom. The molecule has 0 unspecified atom stereocenters. The lowest BCUT2D eigenvalue weighted by molar-refractivity contribution is 0.0636. The summed E-state index contributed by atoms with van der Waals surface area (Å²) in [6.07, 6.45) is -0.452. The maximum atomic E-state index is 11.9. The minimum Gasteiger partial charge on any atom is -0.444 e. The second kappa shape index (κ2) is 5.44. The lowest BCUT2D eigenvalue weighted by atomic mass is 9.91. The molecule has 0 aliphatic rings. The molecule has 1 amide bonds. The minimum atomic E-state index is -0.516. The van der Waals surface area contributed by atoms with Crippen LogP contribution >= 0.6 is 0 Å². The van der Waals surface area contributed by atoms with Gasteiger partial charge in [-0.25, -0.2) is 4.79 Å². The largest absolute Gasteiger partial charge is 0.444 e. The zero-order chi connectivity index (χ0) is 15.7. The first kappa shape index (κ1) is 16.5. The number of nitrogens with two attached hydrogens (primary N) is 1. The summed E-state index contributed by atoms with van der Waals surface area (Å²) in [5, 5.41) is 2.80. The van der Waals surface area contributed by atoms with Gasteiger partial charge in [0, 0.05) is 11.2 Å². The third-order valence-corrected chi connectivity index (χ3v) is 3.05. The zero-order valence-electron chi connectivity index (χ0n) is 13.5. The van der Waals surface area contributed by atoms with Crippen LogP contribution in [0.2, 0.25) is 0 Å². The van der Waals surface area contributed by atoms with Gasteiger partial charge in [0.25, 0.3) is 0 Å². The number of benzene rings is 1. The molecule has 0 aliphatic heterocycles. The van der Waals surface area contributed by atoms with Crippen LogP contribution in [0.3, 0.4) is 0 Å². The van der Waals surface area contributed by atoms with Gasteiger partial charge in [-0.05, 0) is 71.2 Å². The first-order chi connectivity index (χ1) is 8.90. The Kier molecular flexibility index (Phi) is 4.49. The molecule has 112 valence electrons. The maximum Gasteiger partial charge on any atom is 0.412 e. The number of carbonyl (C=O) groups is 1. The Balaban J connectivity index is 3.06. The third-order valence-electron chi connectivity index (χ3n) is 3.05. The number of ether oxygens (including phenoxy) is 1. The van der Waals surface area contributed by atoms with Gasteiger partial charge in [-0.15, -0.1) is 0 Å². The number of carbonyl (C=O) groups excluding carboxylic acids is 1. The Hall–Kier alpha value is -1.55. The summed E-state index contributed by atoms with van der Waals surface area (Å²) >= 11 is 0. The van der Waals surface area contributed by atoms with Gasteiger partial charge >= 0.3 is 6.09 Å². The standard InChI is InChI=1S/C16H26N2O2/c1-10-8-12(16(6,7)17)9-13(11(10)2)18-14(19)20-15(3,4)5/h8-9H,17H2,1-7H3,(H,18,19). The second-order valence-electron chi connectivity index (χ2n) is 6.81. The number of aryl methyl sites for hydroxylation is 1. The predicted molar refractivity (Wildman–Crippen MR) is 83.0 cm³/mol. The fourth-order valence-electron chi connectivity index (χ4n) is 1.77. The molecular formula is C16H26N2O2. The molecule has 0 saturated heterocycles. The summed E-state index contributed by atoms with van der Waals surface area (Å²) in [7, 11) is 0. The van der Waals surface area contributed by atoms with E-state index >= 15 is 0 Å². The summed E-state index contributed by atoms with van der Waals surface area (Å²) in [5.74, 6) is 0. The highest BCUT2D eigenvalue weighted by Gasteiger charge is 2.20. The highest BCUT2D eigenvalue weighted by Crippen LogP contribution is 2.27. The lowest BCUT2D eigenvalue weighted by Gasteiger charge is -2.24. The van der Waals surface area contributed by atoms with E-state index in [-0.39, 0.29) is 0 Å². The molecule has 0 radical (unpaired) electrons. The average molecular weight is 278 g/mol. The van der Waals surface area contributed by atoms with Crippen LogP contribution in [-0.2, 0) is 10.3 Å². The number of amides is 1. The Labute approximate surface area is 121 Å². The van der Waals surface area contributed by atoms with Crippen molar-refractivity contribution in [2.75, 3.05) is 5.32 Å². The zero-order valence-corrected chi connectivity index (χ0v) is 13.5. The van der Waals surface area contributed by atoms with E-state index in [0.717, 1.165) is 22.4 Å². The number of hydrogen-bond donors (Lipinski definition) is 2. The van der Waals surface area contributed by atoms with Crippen molar-refractivity contribution in [2.24, 2.45) is 5.73 Å². The van der Waals surface area contributed by atoms with Crippen LogP contribution in [-0.4, -0.2) is 11.7 Å². The summed E-state index contributed by atoms with van der Waals surface area (Å²) in [4.78, 5) is 11.9. The number of nitrogens with one attached hydrogen (secondary N) is 1. The van der Waals surface area contributed by atoms with Crippen LogP contribution < -0.4 is 11.1 Å². The van der Waals surface area contributed by atoms with Crippen molar-refractivity contribution >= 4 is 11.8 Å². The predicted octanol–water partition coefficient (Wildman–Crippen LogP) is 3.84. The van der Waals surface area contributed by atoms with Gasteiger partial charge in [0.05, 0.1) is 0 Å². The first-order valence-electron chi connectivity index (χ1n) is 6.81. The molecule has 4 nitrogen and oxygen atoms in total. The second-order valence-corrected chi connectivity index (χ2v) is 6.81. The van der Waals surface area contributed by atoms with Gasteiger partial charge < -0.3 is 10.5 Å². The van der Waals surface area contributed by atoms with E-state index in [2.05, 4.69) is 11.4 Å². The topological polar surface area (TPSA) is 64.3 Å². The van der Waals surface area contributed by atoms with E-state index in [1.165, 1.54) is 0 Å².